The number of nitrogens with zero attached hydrogens (tertiary/aromatic N) is 1. The van der Waals surface area contributed by atoms with Gasteiger partial charge in [-0.2, -0.15) is 0 Å². The summed E-state index contributed by atoms with van der Waals surface area (Å²) in [6.07, 6.45) is 3.42. The predicted octanol–water partition coefficient (Wildman–Crippen LogP) is 2.44. The van der Waals surface area contributed by atoms with Crippen molar-refractivity contribution in [3.05, 3.63) is 47.5 Å². The third kappa shape index (κ3) is 4.13. The molecule has 19 heavy (non-hydrogen) atoms. The average Bonchev–Trinajstić information content (AvgIpc) is 2.90. The van der Waals surface area contributed by atoms with Gasteiger partial charge in [0.25, 0.3) is 0 Å². The molecule has 0 unspecified atom stereocenters. The van der Waals surface area contributed by atoms with Gasteiger partial charge in [-0.25, -0.2) is 4.98 Å². The molecule has 1 amide bonds. The van der Waals surface area contributed by atoms with E-state index in [1.54, 1.807) is 24.2 Å². The highest BCUT2D eigenvalue weighted by molar-refractivity contribution is 8.00. The molecule has 2 N–H and O–H groups in total. The normalized spacial score (nSPS) is 10.4. The second kappa shape index (κ2) is 6.43. The van der Waals surface area contributed by atoms with Crippen LogP contribution in [0.1, 0.15) is 17.0 Å². The number of carbonyl (C=O) groups excluding carboxylic acids is 1. The minimum absolute atomic E-state index is 0.0160. The lowest BCUT2D eigenvalue weighted by Crippen LogP contribution is -2.25. The van der Waals surface area contributed by atoms with Gasteiger partial charge in [-0.05, 0) is 25.5 Å². The first-order valence-corrected chi connectivity index (χ1v) is 7.09. The highest BCUT2D eigenvalue weighted by Gasteiger charge is 2.05. The van der Waals surface area contributed by atoms with E-state index >= 15 is 0 Å². The van der Waals surface area contributed by atoms with E-state index in [4.69, 9.17) is 0 Å². The predicted molar refractivity (Wildman–Crippen MR) is 77.1 cm³/mol. The van der Waals surface area contributed by atoms with Crippen molar-refractivity contribution in [2.75, 3.05) is 5.75 Å². The number of carbonyl (C=O) groups is 1. The fraction of sp³-hybridized carbons (Fsp3) is 0.286. The molecule has 0 aliphatic carbocycles. The highest BCUT2D eigenvalue weighted by Crippen LogP contribution is 2.23. The molecule has 0 radical (unpaired) electrons. The lowest BCUT2D eigenvalue weighted by molar-refractivity contribution is -0.118. The van der Waals surface area contributed by atoms with Crippen LogP contribution in [0.3, 0.4) is 0 Å². The first-order valence-electron chi connectivity index (χ1n) is 6.10. The summed E-state index contributed by atoms with van der Waals surface area (Å²) in [6.45, 7) is 4.56. The van der Waals surface area contributed by atoms with E-state index in [9.17, 15) is 4.79 Å². The highest BCUT2D eigenvalue weighted by atomic mass is 32.2. The maximum Gasteiger partial charge on any atom is 0.230 e. The van der Waals surface area contributed by atoms with Crippen molar-refractivity contribution >= 4 is 17.7 Å². The van der Waals surface area contributed by atoms with Gasteiger partial charge >= 0.3 is 0 Å². The van der Waals surface area contributed by atoms with Gasteiger partial charge in [-0.3, -0.25) is 4.79 Å². The first-order chi connectivity index (χ1) is 9.15. The molecular formula is C14H17N3OS. The summed E-state index contributed by atoms with van der Waals surface area (Å²) in [4.78, 5) is 19.9. The number of aromatic amines is 1. The molecule has 0 atom stereocenters. The number of aromatic nitrogens is 2. The van der Waals surface area contributed by atoms with Crippen molar-refractivity contribution in [3.8, 4) is 0 Å². The molecule has 0 spiro atoms. The Morgan fingerprint density at radius 2 is 2.26 bits per heavy atom. The van der Waals surface area contributed by atoms with Crippen LogP contribution >= 0.6 is 11.8 Å². The van der Waals surface area contributed by atoms with Gasteiger partial charge in [0.05, 0.1) is 12.3 Å². The van der Waals surface area contributed by atoms with Gasteiger partial charge in [-0.15, -0.1) is 11.8 Å². The molecule has 1 aromatic carbocycles. The van der Waals surface area contributed by atoms with Gasteiger partial charge in [0.1, 0.15) is 5.82 Å². The average molecular weight is 275 g/mol. The summed E-state index contributed by atoms with van der Waals surface area (Å²) in [7, 11) is 0. The Bertz CT molecular complexity index is 552. The fourth-order valence-electron chi connectivity index (χ4n) is 1.63. The smallest absolute Gasteiger partial charge is 0.230 e. The summed E-state index contributed by atoms with van der Waals surface area (Å²) in [5.74, 6) is 1.21. The molecule has 5 heteroatoms. The number of thioether (sulfide) groups is 1. The fourth-order valence-corrected chi connectivity index (χ4v) is 2.59. The third-order valence-corrected chi connectivity index (χ3v) is 3.87. The van der Waals surface area contributed by atoms with Crippen LogP contribution in [0, 0.1) is 13.8 Å². The molecule has 1 heterocycles. The molecular weight excluding hydrogens is 258 g/mol. The van der Waals surface area contributed by atoms with Crippen molar-refractivity contribution in [1.29, 1.82) is 0 Å². The number of hydrogen-bond donors (Lipinski definition) is 2. The summed E-state index contributed by atoms with van der Waals surface area (Å²) in [5.41, 5.74) is 2.42. The van der Waals surface area contributed by atoms with E-state index in [2.05, 4.69) is 47.3 Å². The monoisotopic (exact) mass is 275 g/mol. The van der Waals surface area contributed by atoms with E-state index in [1.807, 2.05) is 0 Å². The van der Waals surface area contributed by atoms with E-state index in [0.29, 0.717) is 12.3 Å². The number of rotatable bonds is 5. The van der Waals surface area contributed by atoms with Crippen LogP contribution in [0.25, 0.3) is 0 Å². The Morgan fingerprint density at radius 3 is 3.00 bits per heavy atom. The summed E-state index contributed by atoms with van der Waals surface area (Å²) in [5, 5.41) is 2.84. The largest absolute Gasteiger partial charge is 0.348 e. The molecule has 0 saturated heterocycles. The number of benzene rings is 1. The molecule has 1 aromatic heterocycles. The summed E-state index contributed by atoms with van der Waals surface area (Å²) >= 11 is 1.56. The van der Waals surface area contributed by atoms with Gasteiger partial charge in [0, 0.05) is 17.3 Å². The number of nitrogens with one attached hydrogen (secondary N) is 2. The maximum absolute atomic E-state index is 11.7. The van der Waals surface area contributed by atoms with E-state index in [0.717, 1.165) is 10.7 Å². The quantitative estimate of drug-likeness (QED) is 0.824. The van der Waals surface area contributed by atoms with Crippen molar-refractivity contribution in [1.82, 2.24) is 15.3 Å². The van der Waals surface area contributed by atoms with E-state index < -0.39 is 0 Å². The van der Waals surface area contributed by atoms with Gasteiger partial charge in [0.2, 0.25) is 5.91 Å². The summed E-state index contributed by atoms with van der Waals surface area (Å²) < 4.78 is 0. The van der Waals surface area contributed by atoms with Gasteiger partial charge in [0.15, 0.2) is 0 Å². The van der Waals surface area contributed by atoms with Crippen LogP contribution < -0.4 is 5.32 Å². The SMILES string of the molecule is Cc1ccc(C)c(SCC(=O)NCc2ncc[nH]2)c1. The standard InChI is InChI=1S/C14H17N3OS/c1-10-3-4-11(2)12(7-10)19-9-14(18)17-8-13-15-5-6-16-13/h3-7H,8-9H2,1-2H3,(H,15,16)(H,17,18). The van der Waals surface area contributed by atoms with E-state index in [1.165, 1.54) is 11.1 Å². The van der Waals surface area contributed by atoms with Crippen LogP contribution in [-0.2, 0) is 11.3 Å². The zero-order valence-corrected chi connectivity index (χ0v) is 11.9. The van der Waals surface area contributed by atoms with Gasteiger partial charge < -0.3 is 10.3 Å². The number of aryl methyl sites for hydroxylation is 2. The minimum atomic E-state index is 0.0160. The molecule has 4 nitrogen and oxygen atoms in total. The molecule has 0 bridgehead atoms. The Hall–Kier alpha value is -1.75. The Labute approximate surface area is 117 Å². The number of hydrogen-bond acceptors (Lipinski definition) is 3. The molecule has 100 valence electrons. The molecule has 0 saturated carbocycles. The Balaban J connectivity index is 1.81. The number of imidazole rings is 1. The Kier molecular flexibility index (Phi) is 4.63. The van der Waals surface area contributed by atoms with E-state index in [-0.39, 0.29) is 5.91 Å². The minimum Gasteiger partial charge on any atom is -0.348 e. The second-order valence-corrected chi connectivity index (χ2v) is 5.39. The molecule has 0 aliphatic heterocycles. The third-order valence-electron chi connectivity index (χ3n) is 2.71. The van der Waals surface area contributed by atoms with Crippen LogP contribution in [0.4, 0.5) is 0 Å². The van der Waals surface area contributed by atoms with Crippen LogP contribution in [-0.4, -0.2) is 21.6 Å². The zero-order valence-electron chi connectivity index (χ0n) is 11.1. The molecule has 2 aromatic rings. The van der Waals surface area contributed by atoms with Crippen LogP contribution in [0.2, 0.25) is 0 Å². The number of H-pyrrole nitrogens is 1. The molecule has 0 aliphatic rings. The van der Waals surface area contributed by atoms with Crippen molar-refractivity contribution in [2.45, 2.75) is 25.3 Å². The van der Waals surface area contributed by atoms with Crippen molar-refractivity contribution in [2.24, 2.45) is 0 Å². The lowest BCUT2D eigenvalue weighted by Gasteiger charge is -2.07. The zero-order chi connectivity index (χ0) is 13.7. The van der Waals surface area contributed by atoms with Gasteiger partial charge in [-0.1, -0.05) is 17.7 Å². The lowest BCUT2D eigenvalue weighted by atomic mass is 10.2. The second-order valence-electron chi connectivity index (χ2n) is 4.37. The summed E-state index contributed by atoms with van der Waals surface area (Å²) in [6, 6.07) is 6.27. The Morgan fingerprint density at radius 1 is 1.42 bits per heavy atom. The van der Waals surface area contributed by atoms with Crippen LogP contribution in [0.15, 0.2) is 35.5 Å². The maximum atomic E-state index is 11.7. The molecule has 2 rings (SSSR count). The topological polar surface area (TPSA) is 57.8 Å². The molecule has 0 fully saturated rings. The van der Waals surface area contributed by atoms with Crippen molar-refractivity contribution in [3.63, 3.8) is 0 Å². The first kappa shape index (κ1) is 13.7. The number of amides is 1. The van der Waals surface area contributed by atoms with Crippen LogP contribution in [0.5, 0.6) is 0 Å². The van der Waals surface area contributed by atoms with Crippen molar-refractivity contribution < 1.29 is 4.79 Å².